The predicted octanol–water partition coefficient (Wildman–Crippen LogP) is 0.880. The summed E-state index contributed by atoms with van der Waals surface area (Å²) in [5.41, 5.74) is 3.40. The minimum atomic E-state index is -0.142. The maximum absolute atomic E-state index is 12.5. The van der Waals surface area contributed by atoms with Gasteiger partial charge in [0, 0.05) is 19.7 Å². The van der Waals surface area contributed by atoms with Crippen LogP contribution in [0.3, 0.4) is 0 Å². The summed E-state index contributed by atoms with van der Waals surface area (Å²) in [7, 11) is 0. The molecule has 0 saturated heterocycles. The number of fused-ring (bicyclic) bond motifs is 1. The molecule has 8 nitrogen and oxygen atoms in total. The van der Waals surface area contributed by atoms with Crippen LogP contribution in [0, 0.1) is 6.92 Å². The molecule has 0 atom stereocenters. The number of aryl methyl sites for hydroxylation is 1. The molecule has 0 fully saturated rings. The molecular formula is C16H25ClN6O2. The molecule has 3 rings (SSSR count). The van der Waals surface area contributed by atoms with Crippen LogP contribution in [0.1, 0.15) is 34.5 Å². The molecule has 0 bridgehead atoms. The van der Waals surface area contributed by atoms with Gasteiger partial charge in [0.2, 0.25) is 0 Å². The van der Waals surface area contributed by atoms with E-state index in [2.05, 4.69) is 20.8 Å². The van der Waals surface area contributed by atoms with E-state index >= 15 is 0 Å². The van der Waals surface area contributed by atoms with Gasteiger partial charge in [-0.3, -0.25) is 14.2 Å². The number of hydrogen-bond acceptors (Lipinski definition) is 5. The fraction of sp³-hybridized carbons (Fsp3) is 0.562. The monoisotopic (exact) mass is 368 g/mol. The first-order valence-corrected chi connectivity index (χ1v) is 8.34. The average Bonchev–Trinajstić information content (AvgIpc) is 3.16. The van der Waals surface area contributed by atoms with E-state index in [0.717, 1.165) is 36.7 Å². The van der Waals surface area contributed by atoms with E-state index in [9.17, 15) is 4.79 Å². The van der Waals surface area contributed by atoms with Gasteiger partial charge in [0.25, 0.3) is 5.91 Å². The number of carbonyl (C=O) groups excluding carboxylic acids is 1. The summed E-state index contributed by atoms with van der Waals surface area (Å²) in [5.74, 6) is -0.142. The zero-order valence-electron chi connectivity index (χ0n) is 14.6. The highest BCUT2D eigenvalue weighted by atomic mass is 35.5. The first-order valence-electron chi connectivity index (χ1n) is 8.34. The molecule has 1 aliphatic heterocycles. The lowest BCUT2D eigenvalue weighted by Gasteiger charge is -2.13. The molecule has 0 saturated carbocycles. The molecule has 25 heavy (non-hydrogen) atoms. The van der Waals surface area contributed by atoms with Crippen molar-refractivity contribution in [3.63, 3.8) is 0 Å². The number of aromatic nitrogens is 4. The number of rotatable bonds is 7. The van der Waals surface area contributed by atoms with E-state index in [1.54, 1.807) is 10.7 Å². The largest absolute Gasteiger partial charge is 0.380 e. The van der Waals surface area contributed by atoms with Gasteiger partial charge in [0.05, 0.1) is 43.3 Å². The highest BCUT2D eigenvalue weighted by molar-refractivity contribution is 5.92. The molecule has 9 heteroatoms. The fourth-order valence-electron chi connectivity index (χ4n) is 2.79. The van der Waals surface area contributed by atoms with Crippen LogP contribution in [0.5, 0.6) is 0 Å². The normalized spacial score (nSPS) is 13.2. The Morgan fingerprint density at radius 1 is 1.40 bits per heavy atom. The Labute approximate surface area is 153 Å². The summed E-state index contributed by atoms with van der Waals surface area (Å²) in [4.78, 5) is 12.5. The summed E-state index contributed by atoms with van der Waals surface area (Å²) in [5, 5.41) is 15.1. The van der Waals surface area contributed by atoms with E-state index in [1.165, 1.54) is 0 Å². The van der Waals surface area contributed by atoms with Crippen molar-refractivity contribution in [2.45, 2.75) is 40.0 Å². The van der Waals surface area contributed by atoms with Gasteiger partial charge in [-0.05, 0) is 26.0 Å². The lowest BCUT2D eigenvalue weighted by molar-refractivity contribution is 0.0932. The van der Waals surface area contributed by atoms with Crippen LogP contribution in [0.4, 0.5) is 0 Å². The van der Waals surface area contributed by atoms with Crippen LogP contribution in [-0.4, -0.2) is 45.2 Å². The lowest BCUT2D eigenvalue weighted by atomic mass is 10.3. The number of ether oxygens (including phenoxy) is 1. The van der Waals surface area contributed by atoms with Gasteiger partial charge in [-0.25, -0.2) is 0 Å². The van der Waals surface area contributed by atoms with Crippen LogP contribution in [0.15, 0.2) is 12.1 Å². The van der Waals surface area contributed by atoms with Crippen LogP contribution in [0.25, 0.3) is 0 Å². The van der Waals surface area contributed by atoms with E-state index in [4.69, 9.17) is 4.74 Å². The fourth-order valence-corrected chi connectivity index (χ4v) is 2.79. The maximum Gasteiger partial charge on any atom is 0.269 e. The summed E-state index contributed by atoms with van der Waals surface area (Å²) >= 11 is 0. The molecule has 138 valence electrons. The van der Waals surface area contributed by atoms with Crippen LogP contribution in [0.2, 0.25) is 0 Å². The second-order valence-electron chi connectivity index (χ2n) is 5.80. The molecule has 0 aromatic carbocycles. The standard InChI is InChI=1S/C16H24N6O2.ClH/c1-3-24-7-6-22-15(8-12(2)19-22)16(23)18-10-13-9-14-11-17-4-5-21(14)20-13;/h8-9,17H,3-7,10-11H2,1-2H3,(H,18,23);1H. The average molecular weight is 369 g/mol. The van der Waals surface area contributed by atoms with Crippen molar-refractivity contribution in [1.82, 2.24) is 30.2 Å². The maximum atomic E-state index is 12.5. The SMILES string of the molecule is CCOCCn1nc(C)cc1C(=O)NCc1cc2n(n1)CCNC2.Cl. The number of nitrogens with one attached hydrogen (secondary N) is 2. The second kappa shape index (κ2) is 8.98. The predicted molar refractivity (Wildman–Crippen MR) is 95.8 cm³/mol. The van der Waals surface area contributed by atoms with Crippen LogP contribution in [-0.2, 0) is 30.9 Å². The van der Waals surface area contributed by atoms with Crippen molar-refractivity contribution in [3.05, 3.63) is 34.9 Å². The molecule has 2 N–H and O–H groups in total. The van der Waals surface area contributed by atoms with Gasteiger partial charge in [0.1, 0.15) is 5.69 Å². The van der Waals surface area contributed by atoms with Crippen molar-refractivity contribution in [3.8, 4) is 0 Å². The first-order chi connectivity index (χ1) is 11.7. The number of halogens is 1. The van der Waals surface area contributed by atoms with Crippen molar-refractivity contribution >= 4 is 18.3 Å². The molecule has 0 aliphatic carbocycles. The van der Waals surface area contributed by atoms with Crippen LogP contribution < -0.4 is 10.6 Å². The topological polar surface area (TPSA) is 86.0 Å². The van der Waals surface area contributed by atoms with Gasteiger partial charge < -0.3 is 15.4 Å². The molecule has 0 spiro atoms. The van der Waals surface area contributed by atoms with E-state index in [-0.39, 0.29) is 18.3 Å². The van der Waals surface area contributed by atoms with Gasteiger partial charge in [-0.2, -0.15) is 10.2 Å². The Hall–Kier alpha value is -1.90. The molecule has 2 aromatic rings. The third-order valence-electron chi connectivity index (χ3n) is 3.94. The third kappa shape index (κ3) is 4.81. The molecule has 0 unspecified atom stereocenters. The summed E-state index contributed by atoms with van der Waals surface area (Å²) in [6, 6.07) is 3.83. The second-order valence-corrected chi connectivity index (χ2v) is 5.80. The van der Waals surface area contributed by atoms with Crippen molar-refractivity contribution in [2.75, 3.05) is 19.8 Å². The zero-order chi connectivity index (χ0) is 16.9. The number of amides is 1. The Morgan fingerprint density at radius 3 is 3.00 bits per heavy atom. The van der Waals surface area contributed by atoms with E-state index < -0.39 is 0 Å². The van der Waals surface area contributed by atoms with Crippen molar-refractivity contribution < 1.29 is 9.53 Å². The number of carbonyl (C=O) groups is 1. The smallest absolute Gasteiger partial charge is 0.269 e. The van der Waals surface area contributed by atoms with E-state index in [1.807, 2.05) is 24.6 Å². The Morgan fingerprint density at radius 2 is 2.24 bits per heavy atom. The highest BCUT2D eigenvalue weighted by Gasteiger charge is 2.16. The van der Waals surface area contributed by atoms with Gasteiger partial charge in [-0.15, -0.1) is 12.4 Å². The van der Waals surface area contributed by atoms with E-state index in [0.29, 0.717) is 32.0 Å². The lowest BCUT2D eigenvalue weighted by Crippen LogP contribution is -2.28. The van der Waals surface area contributed by atoms with Crippen molar-refractivity contribution in [2.24, 2.45) is 0 Å². The van der Waals surface area contributed by atoms with Gasteiger partial charge >= 0.3 is 0 Å². The Kier molecular flexibility index (Phi) is 6.98. The molecule has 2 aromatic heterocycles. The van der Waals surface area contributed by atoms with Gasteiger partial charge in [-0.1, -0.05) is 0 Å². The Balaban J connectivity index is 0.00000225. The zero-order valence-corrected chi connectivity index (χ0v) is 15.4. The number of nitrogens with zero attached hydrogens (tertiary/aromatic N) is 4. The molecule has 0 radical (unpaired) electrons. The molecule has 1 aliphatic rings. The van der Waals surface area contributed by atoms with Crippen molar-refractivity contribution in [1.29, 1.82) is 0 Å². The number of hydrogen-bond donors (Lipinski definition) is 2. The minimum absolute atomic E-state index is 0. The van der Waals surface area contributed by atoms with Gasteiger partial charge in [0.15, 0.2) is 0 Å². The highest BCUT2D eigenvalue weighted by Crippen LogP contribution is 2.09. The summed E-state index contributed by atoms with van der Waals surface area (Å²) < 4.78 is 9.04. The Bertz CT molecular complexity index is 688. The molecule has 1 amide bonds. The molecular weight excluding hydrogens is 344 g/mol. The summed E-state index contributed by atoms with van der Waals surface area (Å²) in [6.07, 6.45) is 0. The van der Waals surface area contributed by atoms with Crippen LogP contribution >= 0.6 is 12.4 Å². The summed E-state index contributed by atoms with van der Waals surface area (Å²) in [6.45, 7) is 8.62. The first kappa shape index (κ1) is 19.4. The molecule has 3 heterocycles. The minimum Gasteiger partial charge on any atom is -0.380 e. The quantitative estimate of drug-likeness (QED) is 0.708. The third-order valence-corrected chi connectivity index (χ3v) is 3.94.